The molecule has 27 heavy (non-hydrogen) atoms. The van der Waals surface area contributed by atoms with Crippen molar-refractivity contribution in [2.75, 3.05) is 38.2 Å². The maximum atomic E-state index is 12.9. The predicted octanol–water partition coefficient (Wildman–Crippen LogP) is 3.31. The number of pyridine rings is 1. The van der Waals surface area contributed by atoms with Gasteiger partial charge in [-0.15, -0.1) is 0 Å². The van der Waals surface area contributed by atoms with Gasteiger partial charge in [0, 0.05) is 39.5 Å². The van der Waals surface area contributed by atoms with Gasteiger partial charge in [0.25, 0.3) is 5.91 Å². The number of aliphatic hydroxyl groups excluding tert-OH is 1. The summed E-state index contributed by atoms with van der Waals surface area (Å²) in [4.78, 5) is 21.3. The van der Waals surface area contributed by atoms with Crippen LogP contribution in [0.5, 0.6) is 0 Å². The monoisotopic (exact) mass is 367 g/mol. The third-order valence-electron chi connectivity index (χ3n) is 5.32. The third kappa shape index (κ3) is 5.07. The molecule has 1 fully saturated rings. The topological polar surface area (TPSA) is 56.7 Å². The van der Waals surface area contributed by atoms with E-state index in [4.69, 9.17) is 5.11 Å². The highest BCUT2D eigenvalue weighted by Gasteiger charge is 2.22. The Kier molecular flexibility index (Phi) is 6.82. The molecule has 0 spiro atoms. The van der Waals surface area contributed by atoms with Crippen molar-refractivity contribution in [1.29, 1.82) is 0 Å². The normalized spacial score (nSPS) is 17.4. The molecule has 3 rings (SSSR count). The molecular formula is C22H29N3O2. The average Bonchev–Trinajstić information content (AvgIpc) is 2.98. The Morgan fingerprint density at radius 3 is 2.70 bits per heavy atom. The van der Waals surface area contributed by atoms with Crippen LogP contribution in [0.4, 0.5) is 5.82 Å². The van der Waals surface area contributed by atoms with Crippen LogP contribution in [0.3, 0.4) is 0 Å². The minimum absolute atomic E-state index is 0.0702. The highest BCUT2D eigenvalue weighted by atomic mass is 16.3. The number of nitrogens with zero attached hydrogens (tertiary/aromatic N) is 3. The number of carbonyl (C=O) groups is 1. The molecule has 0 unspecified atom stereocenters. The van der Waals surface area contributed by atoms with Crippen LogP contribution in [0.1, 0.15) is 47.5 Å². The standard InChI is InChI=1S/C22H29N3O2/c1-24(13-6-16-26)21-11-10-20(17-23-21)22(27)25-14-5-9-19(12-15-25)18-7-3-2-4-8-18/h2-4,7-8,10-11,17,19,26H,5-6,9,12-16H2,1H3/t19-/m0/s1. The number of carbonyl (C=O) groups excluding carboxylic acids is 1. The Morgan fingerprint density at radius 1 is 1.19 bits per heavy atom. The number of hydrogen-bond donors (Lipinski definition) is 1. The molecule has 1 aliphatic heterocycles. The lowest BCUT2D eigenvalue weighted by molar-refractivity contribution is 0.0760. The summed E-state index contributed by atoms with van der Waals surface area (Å²) in [7, 11) is 1.94. The molecule has 5 nitrogen and oxygen atoms in total. The SMILES string of the molecule is CN(CCCO)c1ccc(C(=O)N2CCC[C@H](c3ccccc3)CC2)cn1. The first-order chi connectivity index (χ1) is 13.2. The third-order valence-corrected chi connectivity index (χ3v) is 5.32. The molecule has 2 heterocycles. The quantitative estimate of drug-likeness (QED) is 0.851. The van der Waals surface area contributed by atoms with Gasteiger partial charge in [-0.1, -0.05) is 30.3 Å². The lowest BCUT2D eigenvalue weighted by atomic mass is 9.92. The summed E-state index contributed by atoms with van der Waals surface area (Å²) in [5.41, 5.74) is 2.02. The summed E-state index contributed by atoms with van der Waals surface area (Å²) in [5.74, 6) is 1.42. The van der Waals surface area contributed by atoms with Crippen molar-refractivity contribution in [3.05, 3.63) is 59.8 Å². The molecule has 1 aromatic heterocycles. The highest BCUT2D eigenvalue weighted by Crippen LogP contribution is 2.28. The zero-order chi connectivity index (χ0) is 19.1. The zero-order valence-corrected chi connectivity index (χ0v) is 16.1. The van der Waals surface area contributed by atoms with Crippen molar-refractivity contribution in [2.45, 2.75) is 31.6 Å². The van der Waals surface area contributed by atoms with Gasteiger partial charge in [-0.2, -0.15) is 0 Å². The van der Waals surface area contributed by atoms with Crippen LogP contribution in [0, 0.1) is 0 Å². The van der Waals surface area contributed by atoms with Gasteiger partial charge in [-0.3, -0.25) is 4.79 Å². The van der Waals surface area contributed by atoms with E-state index in [0.29, 0.717) is 17.9 Å². The fraction of sp³-hybridized carbons (Fsp3) is 0.455. The maximum Gasteiger partial charge on any atom is 0.255 e. The van der Waals surface area contributed by atoms with Crippen molar-refractivity contribution >= 4 is 11.7 Å². The molecule has 0 saturated carbocycles. The fourth-order valence-electron chi connectivity index (χ4n) is 3.70. The molecule has 1 N–H and O–H groups in total. The number of amides is 1. The summed E-state index contributed by atoms with van der Waals surface area (Å²) in [6.07, 6.45) is 5.54. The zero-order valence-electron chi connectivity index (χ0n) is 16.1. The molecule has 0 aliphatic carbocycles. The van der Waals surface area contributed by atoms with Gasteiger partial charge in [0.15, 0.2) is 0 Å². The maximum absolute atomic E-state index is 12.9. The van der Waals surface area contributed by atoms with Crippen LogP contribution in [-0.4, -0.2) is 54.2 Å². The molecule has 1 aliphatic rings. The van der Waals surface area contributed by atoms with E-state index in [1.54, 1.807) is 6.20 Å². The molecule has 5 heteroatoms. The number of likely N-dealkylation sites (tertiary alicyclic amines) is 1. The smallest absolute Gasteiger partial charge is 0.255 e. The first kappa shape index (κ1) is 19.4. The number of rotatable bonds is 6. The van der Waals surface area contributed by atoms with Crippen LogP contribution in [-0.2, 0) is 0 Å². The largest absolute Gasteiger partial charge is 0.396 e. The van der Waals surface area contributed by atoms with Crippen molar-refractivity contribution < 1.29 is 9.90 Å². The van der Waals surface area contributed by atoms with Crippen LogP contribution in [0.15, 0.2) is 48.7 Å². The van der Waals surface area contributed by atoms with Crippen LogP contribution in [0.25, 0.3) is 0 Å². The summed E-state index contributed by atoms with van der Waals surface area (Å²) in [6, 6.07) is 14.4. The lowest BCUT2D eigenvalue weighted by Gasteiger charge is -2.22. The number of anilines is 1. The summed E-state index contributed by atoms with van der Waals surface area (Å²) >= 11 is 0. The van der Waals surface area contributed by atoms with E-state index in [0.717, 1.165) is 44.7 Å². The highest BCUT2D eigenvalue weighted by molar-refractivity contribution is 5.94. The molecule has 1 saturated heterocycles. The van der Waals surface area contributed by atoms with Crippen molar-refractivity contribution in [3.63, 3.8) is 0 Å². The Hall–Kier alpha value is -2.40. The predicted molar refractivity (Wildman–Crippen MR) is 108 cm³/mol. The number of benzene rings is 1. The molecule has 144 valence electrons. The molecule has 2 aromatic rings. The summed E-state index contributed by atoms with van der Waals surface area (Å²) in [6.45, 7) is 2.50. The van der Waals surface area contributed by atoms with Gasteiger partial charge < -0.3 is 14.9 Å². The second kappa shape index (κ2) is 9.51. The molecule has 0 bridgehead atoms. The van der Waals surface area contributed by atoms with E-state index in [1.807, 2.05) is 35.0 Å². The molecule has 1 amide bonds. The van der Waals surface area contributed by atoms with Gasteiger partial charge in [0.2, 0.25) is 0 Å². The Bertz CT molecular complexity index is 718. The van der Waals surface area contributed by atoms with Gasteiger partial charge in [-0.05, 0) is 49.3 Å². The Balaban J connectivity index is 1.60. The number of hydrogen-bond acceptors (Lipinski definition) is 4. The van der Waals surface area contributed by atoms with Gasteiger partial charge in [0.05, 0.1) is 5.56 Å². The number of aliphatic hydroxyl groups is 1. The van der Waals surface area contributed by atoms with Crippen molar-refractivity contribution in [1.82, 2.24) is 9.88 Å². The molecule has 0 radical (unpaired) electrons. The van der Waals surface area contributed by atoms with E-state index < -0.39 is 0 Å². The van der Waals surface area contributed by atoms with Gasteiger partial charge in [-0.25, -0.2) is 4.98 Å². The minimum atomic E-state index is 0.0702. The summed E-state index contributed by atoms with van der Waals surface area (Å²) < 4.78 is 0. The number of aromatic nitrogens is 1. The van der Waals surface area contributed by atoms with E-state index in [2.05, 4.69) is 29.2 Å². The summed E-state index contributed by atoms with van der Waals surface area (Å²) in [5, 5.41) is 8.94. The van der Waals surface area contributed by atoms with Gasteiger partial charge >= 0.3 is 0 Å². The Morgan fingerprint density at radius 2 is 2.00 bits per heavy atom. The van der Waals surface area contributed by atoms with E-state index >= 15 is 0 Å². The van der Waals surface area contributed by atoms with E-state index in [1.165, 1.54) is 5.56 Å². The van der Waals surface area contributed by atoms with Crippen molar-refractivity contribution in [3.8, 4) is 0 Å². The van der Waals surface area contributed by atoms with Crippen LogP contribution in [0.2, 0.25) is 0 Å². The Labute approximate surface area is 161 Å². The van der Waals surface area contributed by atoms with E-state index in [9.17, 15) is 4.79 Å². The average molecular weight is 367 g/mol. The second-order valence-electron chi connectivity index (χ2n) is 7.23. The van der Waals surface area contributed by atoms with Gasteiger partial charge in [0.1, 0.15) is 5.82 Å². The fourth-order valence-corrected chi connectivity index (χ4v) is 3.70. The van der Waals surface area contributed by atoms with Crippen LogP contribution >= 0.6 is 0 Å². The molecule has 1 aromatic carbocycles. The lowest BCUT2D eigenvalue weighted by Crippen LogP contribution is -2.32. The minimum Gasteiger partial charge on any atom is -0.396 e. The van der Waals surface area contributed by atoms with Crippen molar-refractivity contribution in [2.24, 2.45) is 0 Å². The molecule has 1 atom stereocenters. The molecular weight excluding hydrogens is 338 g/mol. The second-order valence-corrected chi connectivity index (χ2v) is 7.23. The van der Waals surface area contributed by atoms with E-state index in [-0.39, 0.29) is 12.5 Å². The van der Waals surface area contributed by atoms with Crippen LogP contribution < -0.4 is 4.90 Å². The first-order valence-corrected chi connectivity index (χ1v) is 9.81. The first-order valence-electron chi connectivity index (χ1n) is 9.81.